The molecule has 0 fully saturated rings. The molecule has 0 bridgehead atoms. The number of thioether (sulfide) groups is 1. The molecule has 0 aliphatic heterocycles. The zero-order chi connectivity index (χ0) is 16.8. The summed E-state index contributed by atoms with van der Waals surface area (Å²) in [5.41, 5.74) is 1.15. The summed E-state index contributed by atoms with van der Waals surface area (Å²) in [7, 11) is 1.34. The highest BCUT2D eigenvalue weighted by Gasteiger charge is 2.20. The quantitative estimate of drug-likeness (QED) is 0.646. The molecule has 1 N–H and O–H groups in total. The zero-order valence-corrected chi connectivity index (χ0v) is 13.9. The molecule has 2 rings (SSSR count). The minimum Gasteiger partial charge on any atom is -0.468 e. The van der Waals surface area contributed by atoms with Crippen molar-refractivity contribution >= 4 is 23.6 Å². The summed E-state index contributed by atoms with van der Waals surface area (Å²) in [4.78, 5) is 24.8. The van der Waals surface area contributed by atoms with E-state index in [0.29, 0.717) is 11.3 Å². The lowest BCUT2D eigenvalue weighted by atomic mass is 10.2. The molecule has 0 aliphatic carbocycles. The molecule has 1 aromatic heterocycles. The first-order valence-electron chi connectivity index (χ1n) is 7.07. The van der Waals surface area contributed by atoms with Crippen molar-refractivity contribution in [1.29, 1.82) is 0 Å². The van der Waals surface area contributed by atoms with Gasteiger partial charge in [-0.3, -0.25) is 9.59 Å². The lowest BCUT2D eigenvalue weighted by Gasteiger charge is -2.15. The smallest absolute Gasteiger partial charge is 0.318 e. The molecule has 1 amide bonds. The van der Waals surface area contributed by atoms with Crippen molar-refractivity contribution in [1.82, 2.24) is 10.5 Å². The Morgan fingerprint density at radius 2 is 2.00 bits per heavy atom. The Balaban J connectivity index is 2.12. The van der Waals surface area contributed by atoms with Crippen LogP contribution in [-0.4, -0.2) is 29.4 Å². The fourth-order valence-corrected chi connectivity index (χ4v) is 2.97. The molecule has 0 saturated carbocycles. The van der Waals surface area contributed by atoms with Gasteiger partial charge in [-0.1, -0.05) is 17.3 Å². The topological polar surface area (TPSA) is 81.4 Å². The molecule has 1 aromatic carbocycles. The molecule has 2 aromatic rings. The number of carbonyl (C=O) groups excluding carboxylic acids is 2. The van der Waals surface area contributed by atoms with Gasteiger partial charge in [-0.2, -0.15) is 0 Å². The summed E-state index contributed by atoms with van der Waals surface area (Å²) in [5, 5.41) is 6.28. The number of aromatic nitrogens is 1. The number of hydrogen-bond donors (Lipinski definition) is 1. The zero-order valence-electron chi connectivity index (χ0n) is 13.1. The van der Waals surface area contributed by atoms with Gasteiger partial charge in [0.1, 0.15) is 17.2 Å². The molecule has 2 atom stereocenters. The third-order valence-corrected chi connectivity index (χ3v) is 4.37. The maximum Gasteiger partial charge on any atom is 0.318 e. The monoisotopic (exact) mass is 334 g/mol. The number of nitrogens with zero attached hydrogens (tertiary/aromatic N) is 1. The highest BCUT2D eigenvalue weighted by Crippen LogP contribution is 2.27. The van der Waals surface area contributed by atoms with Crippen molar-refractivity contribution in [3.8, 4) is 0 Å². The van der Waals surface area contributed by atoms with Crippen molar-refractivity contribution in [2.24, 2.45) is 0 Å². The third kappa shape index (κ3) is 4.35. The Bertz CT molecular complexity index is 672. The molecule has 0 radical (unpaired) electrons. The van der Waals surface area contributed by atoms with Gasteiger partial charge >= 0.3 is 5.97 Å². The Morgan fingerprint density at radius 1 is 1.26 bits per heavy atom. The number of amides is 1. The van der Waals surface area contributed by atoms with E-state index >= 15 is 0 Å². The van der Waals surface area contributed by atoms with Crippen LogP contribution >= 0.6 is 11.8 Å². The molecule has 1 heterocycles. The Morgan fingerprint density at radius 3 is 2.65 bits per heavy atom. The lowest BCUT2D eigenvalue weighted by Crippen LogP contribution is -2.27. The summed E-state index contributed by atoms with van der Waals surface area (Å²) in [5.74, 6) is -0.568. The normalized spacial score (nSPS) is 13.2. The van der Waals surface area contributed by atoms with Gasteiger partial charge < -0.3 is 14.6 Å². The number of ether oxygens (including phenoxy) is 1. The number of methoxy groups -OCH3 is 1. The van der Waals surface area contributed by atoms with Crippen LogP contribution in [0.2, 0.25) is 0 Å². The number of carbonyl (C=O) groups is 2. The van der Waals surface area contributed by atoms with Gasteiger partial charge in [-0.25, -0.2) is 0 Å². The van der Waals surface area contributed by atoms with Crippen molar-refractivity contribution in [2.45, 2.75) is 30.0 Å². The van der Waals surface area contributed by atoms with Crippen LogP contribution in [0.25, 0.3) is 0 Å². The van der Waals surface area contributed by atoms with Gasteiger partial charge in [-0.15, -0.1) is 11.8 Å². The summed E-state index contributed by atoms with van der Waals surface area (Å²) in [6.45, 7) is 3.56. The molecular formula is C16H18N2O4S. The number of rotatable bonds is 6. The maximum absolute atomic E-state index is 12.5. The van der Waals surface area contributed by atoms with Crippen LogP contribution in [0.3, 0.4) is 0 Å². The molecule has 7 heteroatoms. The fourth-order valence-electron chi connectivity index (χ4n) is 1.96. The molecule has 122 valence electrons. The van der Waals surface area contributed by atoms with Crippen molar-refractivity contribution in [3.63, 3.8) is 0 Å². The minimum atomic E-state index is -0.401. The molecule has 0 aliphatic rings. The third-order valence-electron chi connectivity index (χ3n) is 3.22. The molecule has 6 nitrogen and oxygen atoms in total. The van der Waals surface area contributed by atoms with E-state index in [0.717, 1.165) is 4.90 Å². The summed E-state index contributed by atoms with van der Waals surface area (Å²) >= 11 is 1.29. The average molecular weight is 334 g/mol. The Labute approximate surface area is 138 Å². The van der Waals surface area contributed by atoms with E-state index in [1.807, 2.05) is 13.0 Å². The second-order valence-corrected chi connectivity index (χ2v) is 6.28. The van der Waals surface area contributed by atoms with Gasteiger partial charge in [0.15, 0.2) is 0 Å². The van der Waals surface area contributed by atoms with Gasteiger partial charge in [0.2, 0.25) is 0 Å². The molecule has 0 spiro atoms. The molecular weight excluding hydrogens is 316 g/mol. The van der Waals surface area contributed by atoms with E-state index in [4.69, 9.17) is 9.26 Å². The van der Waals surface area contributed by atoms with E-state index in [-0.39, 0.29) is 17.9 Å². The average Bonchev–Trinajstić information content (AvgIpc) is 3.09. The van der Waals surface area contributed by atoms with Crippen LogP contribution in [-0.2, 0) is 9.53 Å². The molecule has 23 heavy (non-hydrogen) atoms. The van der Waals surface area contributed by atoms with Crippen molar-refractivity contribution in [3.05, 3.63) is 47.9 Å². The van der Waals surface area contributed by atoms with Crippen molar-refractivity contribution in [2.75, 3.05) is 7.11 Å². The van der Waals surface area contributed by atoms with Crippen molar-refractivity contribution < 1.29 is 18.8 Å². The fraction of sp³-hybridized carbons (Fsp3) is 0.312. The predicted molar refractivity (Wildman–Crippen MR) is 86.2 cm³/mol. The summed E-state index contributed by atoms with van der Waals surface area (Å²) in [6, 6.07) is 8.55. The van der Waals surface area contributed by atoms with Gasteiger partial charge in [0.05, 0.1) is 18.7 Å². The molecule has 0 unspecified atom stereocenters. The van der Waals surface area contributed by atoms with Crippen LogP contribution in [0.1, 0.15) is 35.9 Å². The first-order chi connectivity index (χ1) is 11.0. The van der Waals surface area contributed by atoms with E-state index < -0.39 is 5.25 Å². The number of nitrogens with one attached hydrogen (secondary N) is 1. The highest BCUT2D eigenvalue weighted by molar-refractivity contribution is 8.00. The van der Waals surface area contributed by atoms with Gasteiger partial charge in [0, 0.05) is 11.0 Å². The highest BCUT2D eigenvalue weighted by atomic mass is 32.2. The van der Waals surface area contributed by atoms with E-state index in [2.05, 4.69) is 10.5 Å². The first-order valence-corrected chi connectivity index (χ1v) is 7.95. The van der Waals surface area contributed by atoms with E-state index in [9.17, 15) is 9.59 Å². The first kappa shape index (κ1) is 17.1. The largest absolute Gasteiger partial charge is 0.468 e. The second-order valence-electron chi connectivity index (χ2n) is 4.90. The summed E-state index contributed by atoms with van der Waals surface area (Å²) < 4.78 is 9.50. The second kappa shape index (κ2) is 7.82. The van der Waals surface area contributed by atoms with Crippen LogP contribution in [0, 0.1) is 0 Å². The van der Waals surface area contributed by atoms with E-state index in [1.54, 1.807) is 31.2 Å². The van der Waals surface area contributed by atoms with E-state index in [1.165, 1.54) is 25.1 Å². The minimum absolute atomic E-state index is 0.235. The lowest BCUT2D eigenvalue weighted by molar-refractivity contribution is -0.139. The van der Waals surface area contributed by atoms with Gasteiger partial charge in [0.25, 0.3) is 5.91 Å². The van der Waals surface area contributed by atoms with Crippen LogP contribution < -0.4 is 5.32 Å². The number of benzene rings is 1. The maximum atomic E-state index is 12.5. The number of hydrogen-bond acceptors (Lipinski definition) is 6. The van der Waals surface area contributed by atoms with Crippen LogP contribution in [0.4, 0.5) is 0 Å². The molecule has 0 saturated heterocycles. The Hall–Kier alpha value is -2.28. The van der Waals surface area contributed by atoms with Crippen LogP contribution in [0.15, 0.2) is 46.0 Å². The predicted octanol–water partition coefficient (Wildman–Crippen LogP) is 2.82. The standard InChI is InChI=1S/C16H18N2O4S/c1-10(13-8-9-22-18-13)17-15(19)12-6-4-5-7-14(12)23-11(2)16(20)21-3/h4-11H,1-3H3,(H,17,19)/t10-,11-/m1/s1. The number of esters is 1. The Kier molecular flexibility index (Phi) is 5.81. The SMILES string of the molecule is COC(=O)[C@@H](C)Sc1ccccc1C(=O)N[C@H](C)c1ccon1. The summed E-state index contributed by atoms with van der Waals surface area (Å²) in [6.07, 6.45) is 1.46. The van der Waals surface area contributed by atoms with Gasteiger partial charge in [-0.05, 0) is 26.0 Å². The van der Waals surface area contributed by atoms with Crippen LogP contribution in [0.5, 0.6) is 0 Å².